The molecule has 3 heterocycles. The summed E-state index contributed by atoms with van der Waals surface area (Å²) in [5.74, 6) is 1.64. The molecule has 0 amide bonds. The molecule has 0 radical (unpaired) electrons. The zero-order valence-electron chi connectivity index (χ0n) is 16.9. The Kier molecular flexibility index (Phi) is 5.37. The van der Waals surface area contributed by atoms with Gasteiger partial charge in [-0.1, -0.05) is 28.1 Å². The van der Waals surface area contributed by atoms with Crippen molar-refractivity contribution in [3.8, 4) is 11.5 Å². The molecule has 1 aliphatic carbocycles. The van der Waals surface area contributed by atoms with Crippen molar-refractivity contribution >= 4 is 15.9 Å². The number of halogens is 1. The van der Waals surface area contributed by atoms with E-state index < -0.39 is 6.10 Å². The lowest BCUT2D eigenvalue weighted by Crippen LogP contribution is -2.44. The third-order valence-electron chi connectivity index (χ3n) is 6.95. The first-order valence-electron chi connectivity index (χ1n) is 10.6. The number of ether oxygens (including phenoxy) is 3. The summed E-state index contributed by atoms with van der Waals surface area (Å²) in [6, 6.07) is 2.03. The first kappa shape index (κ1) is 19.8. The van der Waals surface area contributed by atoms with Gasteiger partial charge in [0, 0.05) is 49.2 Å². The van der Waals surface area contributed by atoms with Crippen molar-refractivity contribution in [3.05, 3.63) is 33.8 Å². The normalized spacial score (nSPS) is 31.7. The van der Waals surface area contributed by atoms with Crippen LogP contribution in [0.1, 0.15) is 24.0 Å². The predicted molar refractivity (Wildman–Crippen MR) is 114 cm³/mol. The molecule has 6 nitrogen and oxygen atoms in total. The van der Waals surface area contributed by atoms with E-state index in [9.17, 15) is 5.11 Å². The molecule has 3 atom stereocenters. The molecule has 5 rings (SSSR count). The molecule has 1 aromatic rings. The van der Waals surface area contributed by atoms with Crippen molar-refractivity contribution in [2.45, 2.75) is 37.0 Å². The molecular formula is C22H29BrN2O4. The summed E-state index contributed by atoms with van der Waals surface area (Å²) >= 11 is 3.82. The Morgan fingerprint density at radius 2 is 2.03 bits per heavy atom. The maximum atomic E-state index is 10.2. The maximum Gasteiger partial charge on any atom is 0.166 e. The van der Waals surface area contributed by atoms with Gasteiger partial charge in [-0.15, -0.1) is 0 Å². The van der Waals surface area contributed by atoms with E-state index in [1.54, 1.807) is 7.11 Å². The molecule has 1 N–H and O–H groups in total. The summed E-state index contributed by atoms with van der Waals surface area (Å²) in [5.41, 5.74) is 2.36. The molecule has 4 aliphatic rings. The molecule has 1 fully saturated rings. The topological polar surface area (TPSA) is 54.4 Å². The summed E-state index contributed by atoms with van der Waals surface area (Å²) in [5, 5.41) is 10.2. The van der Waals surface area contributed by atoms with E-state index in [0.29, 0.717) is 6.42 Å². The summed E-state index contributed by atoms with van der Waals surface area (Å²) in [6.45, 7) is 7.74. The molecule has 3 aliphatic heterocycles. The van der Waals surface area contributed by atoms with E-state index in [4.69, 9.17) is 14.2 Å². The van der Waals surface area contributed by atoms with Crippen molar-refractivity contribution in [1.82, 2.24) is 9.80 Å². The number of benzene rings is 1. The molecule has 2 unspecified atom stereocenters. The van der Waals surface area contributed by atoms with Gasteiger partial charge in [0.15, 0.2) is 11.5 Å². The smallest absolute Gasteiger partial charge is 0.166 e. The zero-order chi connectivity index (χ0) is 20.0. The number of aliphatic hydroxyl groups excluding tert-OH is 1. The number of hydrogen-bond donors (Lipinski definition) is 1. The second-order valence-electron chi connectivity index (χ2n) is 8.53. The summed E-state index contributed by atoms with van der Waals surface area (Å²) in [6.07, 6.45) is 5.29. The van der Waals surface area contributed by atoms with Crippen molar-refractivity contribution < 1.29 is 19.3 Å². The largest absolute Gasteiger partial charge is 0.493 e. The van der Waals surface area contributed by atoms with Gasteiger partial charge in [-0.05, 0) is 24.6 Å². The van der Waals surface area contributed by atoms with E-state index in [0.717, 1.165) is 74.9 Å². The van der Waals surface area contributed by atoms with Crippen LogP contribution in [0.25, 0.3) is 0 Å². The van der Waals surface area contributed by atoms with Crippen molar-refractivity contribution in [2.75, 3.05) is 53.0 Å². The highest BCUT2D eigenvalue weighted by molar-refractivity contribution is 9.10. The van der Waals surface area contributed by atoms with Crippen LogP contribution < -0.4 is 9.47 Å². The standard InChI is InChI=1S/C22H29BrN2O4/c1-27-18-13-17(23)16-14-25(7-6-24-8-10-28-11-9-24)5-4-22-3-2-15(26)12-19(22)29-21(18)20(16)22/h2-3,13,15,19,26H,4-12,14H2,1H3/t15-,19?,22?/m0/s1. The van der Waals surface area contributed by atoms with E-state index >= 15 is 0 Å². The zero-order valence-corrected chi connectivity index (χ0v) is 18.5. The molecular weight excluding hydrogens is 436 g/mol. The summed E-state index contributed by atoms with van der Waals surface area (Å²) in [7, 11) is 1.69. The third kappa shape index (κ3) is 3.41. The van der Waals surface area contributed by atoms with E-state index in [-0.39, 0.29) is 11.5 Å². The minimum atomic E-state index is -0.446. The third-order valence-corrected chi connectivity index (χ3v) is 7.66. The highest BCUT2D eigenvalue weighted by Gasteiger charge is 2.53. The van der Waals surface area contributed by atoms with Gasteiger partial charge in [0.05, 0.1) is 31.8 Å². The van der Waals surface area contributed by atoms with Gasteiger partial charge in [-0.25, -0.2) is 0 Å². The fourth-order valence-corrected chi connectivity index (χ4v) is 5.85. The van der Waals surface area contributed by atoms with Crippen LogP contribution in [0.3, 0.4) is 0 Å². The molecule has 158 valence electrons. The number of aliphatic hydroxyl groups is 1. The first-order valence-corrected chi connectivity index (χ1v) is 11.4. The number of nitrogens with zero attached hydrogens (tertiary/aromatic N) is 2. The quantitative estimate of drug-likeness (QED) is 0.690. The van der Waals surface area contributed by atoms with Crippen molar-refractivity contribution in [2.24, 2.45) is 0 Å². The van der Waals surface area contributed by atoms with Crippen LogP contribution in [0.5, 0.6) is 11.5 Å². The Balaban J connectivity index is 1.48. The van der Waals surface area contributed by atoms with Gasteiger partial charge in [-0.2, -0.15) is 0 Å². The maximum absolute atomic E-state index is 10.2. The van der Waals surface area contributed by atoms with Crippen LogP contribution in [0.4, 0.5) is 0 Å². The summed E-state index contributed by atoms with van der Waals surface area (Å²) < 4.78 is 18.6. The lowest BCUT2D eigenvalue weighted by Gasteiger charge is -2.36. The van der Waals surface area contributed by atoms with Crippen LogP contribution in [0, 0.1) is 0 Å². The monoisotopic (exact) mass is 464 g/mol. The van der Waals surface area contributed by atoms with E-state index in [1.807, 2.05) is 12.1 Å². The molecule has 7 heteroatoms. The van der Waals surface area contributed by atoms with Crippen molar-refractivity contribution in [1.29, 1.82) is 0 Å². The minimum Gasteiger partial charge on any atom is -0.493 e. The molecule has 1 aromatic carbocycles. The van der Waals surface area contributed by atoms with Crippen LogP contribution in [0.2, 0.25) is 0 Å². The van der Waals surface area contributed by atoms with Gasteiger partial charge in [-0.3, -0.25) is 9.80 Å². The molecule has 1 spiro atoms. The van der Waals surface area contributed by atoms with Gasteiger partial charge in [0.25, 0.3) is 0 Å². The SMILES string of the molecule is COc1cc(Br)c2c3c1OC1C[C@@H](O)C=CC31CCN(CCN1CCOCC1)C2. The van der Waals surface area contributed by atoms with Crippen LogP contribution in [-0.2, 0) is 16.7 Å². The van der Waals surface area contributed by atoms with Gasteiger partial charge in [0.1, 0.15) is 6.10 Å². The Labute approximate surface area is 180 Å². The van der Waals surface area contributed by atoms with Crippen LogP contribution in [-0.4, -0.2) is 80.2 Å². The average Bonchev–Trinajstić information content (AvgIpc) is 2.96. The highest BCUT2D eigenvalue weighted by Crippen LogP contribution is 2.57. The lowest BCUT2D eigenvalue weighted by atomic mass is 9.69. The minimum absolute atomic E-state index is 0.0429. The van der Waals surface area contributed by atoms with Gasteiger partial charge in [0.2, 0.25) is 0 Å². The number of morpholine rings is 1. The number of rotatable bonds is 4. The molecule has 0 aromatic heterocycles. The van der Waals surface area contributed by atoms with Gasteiger partial charge >= 0.3 is 0 Å². The average molecular weight is 465 g/mol. The fourth-order valence-electron chi connectivity index (χ4n) is 5.31. The van der Waals surface area contributed by atoms with Crippen molar-refractivity contribution in [3.63, 3.8) is 0 Å². The second-order valence-corrected chi connectivity index (χ2v) is 9.39. The van der Waals surface area contributed by atoms with Crippen LogP contribution >= 0.6 is 15.9 Å². The molecule has 0 bridgehead atoms. The van der Waals surface area contributed by atoms with Gasteiger partial charge < -0.3 is 19.3 Å². The second kappa shape index (κ2) is 7.85. The van der Waals surface area contributed by atoms with Crippen LogP contribution in [0.15, 0.2) is 22.7 Å². The Morgan fingerprint density at radius 3 is 2.83 bits per heavy atom. The molecule has 0 saturated carbocycles. The van der Waals surface area contributed by atoms with E-state index in [2.05, 4.69) is 31.8 Å². The highest BCUT2D eigenvalue weighted by atomic mass is 79.9. The Morgan fingerprint density at radius 1 is 1.24 bits per heavy atom. The molecule has 1 saturated heterocycles. The Hall–Kier alpha value is -1.12. The lowest BCUT2D eigenvalue weighted by molar-refractivity contribution is 0.0322. The molecule has 29 heavy (non-hydrogen) atoms. The Bertz CT molecular complexity index is 810. The predicted octanol–water partition coefficient (Wildman–Crippen LogP) is 2.32. The fraction of sp³-hybridized carbons (Fsp3) is 0.636. The number of methoxy groups -OCH3 is 1. The first-order chi connectivity index (χ1) is 14.1. The number of hydrogen-bond acceptors (Lipinski definition) is 6. The van der Waals surface area contributed by atoms with E-state index in [1.165, 1.54) is 11.1 Å². The summed E-state index contributed by atoms with van der Waals surface area (Å²) in [4.78, 5) is 5.06.